The number of rotatable bonds is 5. The zero-order valence-electron chi connectivity index (χ0n) is 11.6. The van der Waals surface area contributed by atoms with Crippen LogP contribution in [-0.2, 0) is 6.42 Å². The second-order valence-corrected chi connectivity index (χ2v) is 6.50. The van der Waals surface area contributed by atoms with Crippen molar-refractivity contribution in [1.29, 1.82) is 0 Å². The van der Waals surface area contributed by atoms with Crippen molar-refractivity contribution in [3.8, 4) is 0 Å². The molecular weight excluding hydrogens is 325 g/mol. The zero-order chi connectivity index (χ0) is 14.8. The first-order chi connectivity index (χ1) is 10.2. The summed E-state index contributed by atoms with van der Waals surface area (Å²) in [5.41, 5.74) is 2.00. The molecule has 110 valence electrons. The molecule has 0 aliphatic carbocycles. The highest BCUT2D eigenvalue weighted by atomic mass is 35.5. The summed E-state index contributed by atoms with van der Waals surface area (Å²) in [4.78, 5) is 9.19. The van der Waals surface area contributed by atoms with Gasteiger partial charge in [-0.05, 0) is 24.6 Å². The second kappa shape index (κ2) is 6.34. The number of benzene rings is 1. The molecule has 0 spiro atoms. The van der Waals surface area contributed by atoms with E-state index in [0.29, 0.717) is 10.9 Å². The van der Waals surface area contributed by atoms with E-state index in [2.05, 4.69) is 16.5 Å². The minimum Gasteiger partial charge on any atom is -0.318 e. The highest BCUT2D eigenvalue weighted by Gasteiger charge is 2.21. The molecule has 0 aliphatic rings. The van der Waals surface area contributed by atoms with Gasteiger partial charge in [-0.25, -0.2) is 9.97 Å². The lowest BCUT2D eigenvalue weighted by molar-refractivity contribution is 0.555. The number of thiazole rings is 1. The average Bonchev–Trinajstić information content (AvgIpc) is 3.09. The molecule has 1 unspecified atom stereocenters. The highest BCUT2D eigenvalue weighted by molar-refractivity contribution is 7.09. The van der Waals surface area contributed by atoms with Crippen molar-refractivity contribution in [3.63, 3.8) is 0 Å². The number of fused-ring (bicyclic) bond motifs is 1. The summed E-state index contributed by atoms with van der Waals surface area (Å²) in [5, 5.41) is 3.81. The van der Waals surface area contributed by atoms with Crippen LogP contribution in [-0.4, -0.2) is 20.4 Å². The van der Waals surface area contributed by atoms with Crippen molar-refractivity contribution in [3.05, 3.63) is 45.6 Å². The quantitative estimate of drug-likeness (QED) is 0.617. The lowest BCUT2D eigenvalue weighted by Crippen LogP contribution is -2.13. The summed E-state index contributed by atoms with van der Waals surface area (Å²) in [5.74, 6) is 1.54. The normalized spacial score (nSPS) is 12.9. The molecule has 21 heavy (non-hydrogen) atoms. The van der Waals surface area contributed by atoms with Gasteiger partial charge >= 0.3 is 0 Å². The van der Waals surface area contributed by atoms with Crippen molar-refractivity contribution in [1.82, 2.24) is 14.5 Å². The van der Waals surface area contributed by atoms with Crippen LogP contribution in [0.1, 0.15) is 30.2 Å². The lowest BCUT2D eigenvalue weighted by Gasteiger charge is -2.18. The van der Waals surface area contributed by atoms with E-state index < -0.39 is 0 Å². The molecule has 3 rings (SSSR count). The van der Waals surface area contributed by atoms with Crippen LogP contribution in [0.4, 0.5) is 0 Å². The Hall–Kier alpha value is -1.10. The SMILES string of the molecule is CCC(c1nccs1)n1c(CCCl)nc2cc(Cl)ccc21. The Kier molecular flexibility index (Phi) is 4.48. The van der Waals surface area contributed by atoms with Crippen LogP contribution in [0, 0.1) is 0 Å². The summed E-state index contributed by atoms with van der Waals surface area (Å²) in [7, 11) is 0. The smallest absolute Gasteiger partial charge is 0.115 e. The molecule has 1 atom stereocenters. The van der Waals surface area contributed by atoms with Gasteiger partial charge in [-0.15, -0.1) is 22.9 Å². The Bertz CT molecular complexity index is 737. The molecule has 0 bridgehead atoms. The first-order valence-electron chi connectivity index (χ1n) is 6.86. The third-order valence-electron chi connectivity index (χ3n) is 3.48. The summed E-state index contributed by atoms with van der Waals surface area (Å²) in [6.45, 7) is 2.16. The molecule has 6 heteroatoms. The maximum atomic E-state index is 6.08. The number of hydrogen-bond donors (Lipinski definition) is 0. The third kappa shape index (κ3) is 2.80. The largest absolute Gasteiger partial charge is 0.318 e. The number of aromatic nitrogens is 3. The van der Waals surface area contributed by atoms with E-state index in [-0.39, 0.29) is 6.04 Å². The highest BCUT2D eigenvalue weighted by Crippen LogP contribution is 2.31. The molecule has 0 aliphatic heterocycles. The molecule has 3 nitrogen and oxygen atoms in total. The van der Waals surface area contributed by atoms with Crippen molar-refractivity contribution in [2.24, 2.45) is 0 Å². The minimum absolute atomic E-state index is 0.189. The van der Waals surface area contributed by atoms with Crippen LogP contribution in [0.15, 0.2) is 29.8 Å². The minimum atomic E-state index is 0.189. The molecule has 0 fully saturated rings. The van der Waals surface area contributed by atoms with Gasteiger partial charge in [-0.1, -0.05) is 18.5 Å². The van der Waals surface area contributed by atoms with E-state index in [0.717, 1.165) is 34.7 Å². The summed E-state index contributed by atoms with van der Waals surface area (Å²) in [6, 6.07) is 6.02. The van der Waals surface area contributed by atoms with Crippen LogP contribution < -0.4 is 0 Å². The molecule has 0 N–H and O–H groups in total. The second-order valence-electron chi connectivity index (χ2n) is 4.76. The van der Waals surface area contributed by atoms with Gasteiger partial charge in [0.15, 0.2) is 0 Å². The van der Waals surface area contributed by atoms with Crippen LogP contribution in [0.2, 0.25) is 5.02 Å². The topological polar surface area (TPSA) is 30.7 Å². The molecule has 2 aromatic heterocycles. The molecule has 2 heterocycles. The van der Waals surface area contributed by atoms with Crippen LogP contribution in [0.5, 0.6) is 0 Å². The first kappa shape index (κ1) is 14.8. The maximum absolute atomic E-state index is 6.08. The lowest BCUT2D eigenvalue weighted by atomic mass is 10.2. The molecule has 0 saturated carbocycles. The molecule has 0 radical (unpaired) electrons. The van der Waals surface area contributed by atoms with E-state index in [1.54, 1.807) is 11.3 Å². The monoisotopic (exact) mass is 339 g/mol. The fourth-order valence-corrected chi connectivity index (χ4v) is 3.74. The van der Waals surface area contributed by atoms with Gasteiger partial charge in [0.05, 0.1) is 17.1 Å². The van der Waals surface area contributed by atoms with E-state index in [9.17, 15) is 0 Å². The molecule has 3 aromatic rings. The predicted molar refractivity (Wildman–Crippen MR) is 89.7 cm³/mol. The van der Waals surface area contributed by atoms with Crippen LogP contribution in [0.25, 0.3) is 11.0 Å². The Balaban J connectivity index is 2.20. The summed E-state index contributed by atoms with van der Waals surface area (Å²) >= 11 is 13.7. The van der Waals surface area contributed by atoms with E-state index >= 15 is 0 Å². The van der Waals surface area contributed by atoms with Gasteiger partial charge in [-0.2, -0.15) is 0 Å². The van der Waals surface area contributed by atoms with Gasteiger partial charge in [0.2, 0.25) is 0 Å². The van der Waals surface area contributed by atoms with E-state index in [4.69, 9.17) is 28.2 Å². The van der Waals surface area contributed by atoms with E-state index in [1.165, 1.54) is 0 Å². The van der Waals surface area contributed by atoms with E-state index in [1.807, 2.05) is 29.8 Å². The molecule has 1 aromatic carbocycles. The maximum Gasteiger partial charge on any atom is 0.115 e. The molecular formula is C15H15Cl2N3S. The number of halogens is 2. The fraction of sp³-hybridized carbons (Fsp3) is 0.333. The average molecular weight is 340 g/mol. The predicted octanol–water partition coefficient (Wildman–Crippen LogP) is 4.93. The number of imidazole rings is 1. The van der Waals surface area contributed by atoms with Gasteiger partial charge in [0.25, 0.3) is 0 Å². The van der Waals surface area contributed by atoms with Gasteiger partial charge in [0.1, 0.15) is 10.8 Å². The van der Waals surface area contributed by atoms with Crippen molar-refractivity contribution in [2.45, 2.75) is 25.8 Å². The van der Waals surface area contributed by atoms with Crippen molar-refractivity contribution in [2.75, 3.05) is 5.88 Å². The zero-order valence-corrected chi connectivity index (χ0v) is 13.9. The van der Waals surface area contributed by atoms with Gasteiger partial charge < -0.3 is 4.57 Å². The Morgan fingerprint density at radius 2 is 2.24 bits per heavy atom. The van der Waals surface area contributed by atoms with Crippen molar-refractivity contribution < 1.29 is 0 Å². The summed E-state index contributed by atoms with van der Waals surface area (Å²) < 4.78 is 2.26. The molecule has 0 saturated heterocycles. The molecule has 0 amide bonds. The first-order valence-corrected chi connectivity index (χ1v) is 8.65. The van der Waals surface area contributed by atoms with Crippen LogP contribution in [0.3, 0.4) is 0 Å². The summed E-state index contributed by atoms with van der Waals surface area (Å²) in [6.07, 6.45) is 3.53. The fourth-order valence-electron chi connectivity index (χ4n) is 2.60. The van der Waals surface area contributed by atoms with Gasteiger partial charge in [0, 0.05) is 28.9 Å². The number of nitrogens with zero attached hydrogens (tertiary/aromatic N) is 3. The van der Waals surface area contributed by atoms with Gasteiger partial charge in [-0.3, -0.25) is 0 Å². The Morgan fingerprint density at radius 3 is 2.90 bits per heavy atom. The number of hydrogen-bond acceptors (Lipinski definition) is 3. The number of alkyl halides is 1. The van der Waals surface area contributed by atoms with Crippen molar-refractivity contribution >= 4 is 45.6 Å². The van der Waals surface area contributed by atoms with Crippen LogP contribution >= 0.6 is 34.5 Å². The third-order valence-corrected chi connectivity index (χ3v) is 4.78. The standard InChI is InChI=1S/C15H15Cl2N3S/c1-2-12(15-18-7-8-21-15)20-13-4-3-10(17)9-11(13)19-14(20)5-6-16/h3-4,7-9,12H,2,5-6H2,1H3. The Labute approximate surface area is 137 Å². The Morgan fingerprint density at radius 1 is 1.38 bits per heavy atom. The number of aryl methyl sites for hydroxylation is 1.